The van der Waals surface area contributed by atoms with Crippen LogP contribution in [0.1, 0.15) is 12.1 Å². The zero-order valence-corrected chi connectivity index (χ0v) is 11.2. The minimum atomic E-state index is 0.677. The van der Waals surface area contributed by atoms with Crippen molar-refractivity contribution in [2.45, 2.75) is 13.0 Å². The van der Waals surface area contributed by atoms with Crippen molar-refractivity contribution in [3.05, 3.63) is 30.0 Å². The van der Waals surface area contributed by atoms with Crippen molar-refractivity contribution < 1.29 is 4.74 Å². The number of hydrogen-bond acceptors (Lipinski definition) is 7. The third-order valence-corrected chi connectivity index (χ3v) is 3.76. The van der Waals surface area contributed by atoms with Crippen molar-refractivity contribution in [2.75, 3.05) is 23.5 Å². The summed E-state index contributed by atoms with van der Waals surface area (Å²) in [6.07, 6.45) is 0.984. The van der Waals surface area contributed by atoms with Crippen molar-refractivity contribution in [1.82, 2.24) is 9.59 Å². The van der Waals surface area contributed by atoms with Gasteiger partial charge in [0.1, 0.15) is 16.4 Å². The summed E-state index contributed by atoms with van der Waals surface area (Å²) >= 11 is 1.27. The monoisotopic (exact) mass is 277 g/mol. The van der Waals surface area contributed by atoms with Gasteiger partial charge in [-0.25, -0.2) is 5.84 Å². The lowest BCUT2D eigenvalue weighted by Gasteiger charge is -2.22. The van der Waals surface area contributed by atoms with Crippen LogP contribution in [0.25, 0.3) is 0 Å². The minimum absolute atomic E-state index is 0.677. The number of nitrogens with two attached hydrogens (primary N) is 1. The molecule has 0 atom stereocenters. The Morgan fingerprint density at radius 3 is 3.21 bits per heavy atom. The fourth-order valence-electron chi connectivity index (χ4n) is 2.17. The molecule has 0 bridgehead atoms. The highest BCUT2D eigenvalue weighted by Crippen LogP contribution is 2.32. The molecule has 1 aromatic carbocycles. The summed E-state index contributed by atoms with van der Waals surface area (Å²) in [4.78, 5) is 2.25. The number of hydrogen-bond donors (Lipinski definition) is 2. The van der Waals surface area contributed by atoms with Crippen LogP contribution in [0.3, 0.4) is 0 Å². The lowest BCUT2D eigenvalue weighted by molar-refractivity contribution is 0.322. The van der Waals surface area contributed by atoms with Crippen molar-refractivity contribution >= 4 is 22.2 Å². The van der Waals surface area contributed by atoms with E-state index in [2.05, 4.69) is 26.0 Å². The number of anilines is 2. The van der Waals surface area contributed by atoms with Crippen LogP contribution in [-0.4, -0.2) is 22.7 Å². The van der Waals surface area contributed by atoms with E-state index in [4.69, 9.17) is 10.6 Å². The number of rotatable bonds is 3. The molecule has 19 heavy (non-hydrogen) atoms. The average Bonchev–Trinajstić information content (AvgIpc) is 2.80. The molecule has 3 rings (SSSR count). The van der Waals surface area contributed by atoms with Crippen LogP contribution in [0.4, 0.5) is 10.7 Å². The van der Waals surface area contributed by atoms with Gasteiger partial charge in [-0.05, 0) is 18.6 Å². The van der Waals surface area contributed by atoms with E-state index in [0.29, 0.717) is 6.54 Å². The molecule has 3 N–H and O–H groups in total. The van der Waals surface area contributed by atoms with Crippen molar-refractivity contribution in [2.24, 2.45) is 5.84 Å². The van der Waals surface area contributed by atoms with E-state index in [-0.39, 0.29) is 0 Å². The van der Waals surface area contributed by atoms with E-state index in [1.807, 2.05) is 18.2 Å². The van der Waals surface area contributed by atoms with Crippen LogP contribution in [0.5, 0.6) is 5.75 Å². The predicted molar refractivity (Wildman–Crippen MR) is 75.3 cm³/mol. The molecule has 0 aliphatic carbocycles. The zero-order valence-electron chi connectivity index (χ0n) is 10.4. The number of fused-ring (bicyclic) bond motifs is 1. The summed E-state index contributed by atoms with van der Waals surface area (Å²) in [6, 6.07) is 8.06. The van der Waals surface area contributed by atoms with Gasteiger partial charge < -0.3 is 15.1 Å². The first-order chi connectivity index (χ1) is 9.38. The van der Waals surface area contributed by atoms with E-state index in [0.717, 1.165) is 41.7 Å². The third kappa shape index (κ3) is 2.47. The Balaban J connectivity index is 1.88. The Bertz CT molecular complexity index is 559. The Kier molecular flexibility index (Phi) is 3.47. The highest BCUT2D eigenvalue weighted by atomic mass is 32.1. The van der Waals surface area contributed by atoms with Gasteiger partial charge in [0.2, 0.25) is 0 Å². The molecule has 0 saturated heterocycles. The van der Waals surface area contributed by atoms with Crippen molar-refractivity contribution in [1.29, 1.82) is 0 Å². The van der Waals surface area contributed by atoms with Crippen LogP contribution in [0.2, 0.25) is 0 Å². The molecule has 0 spiro atoms. The van der Waals surface area contributed by atoms with Gasteiger partial charge in [0, 0.05) is 18.1 Å². The number of para-hydroxylation sites is 2. The molecule has 1 aliphatic heterocycles. The maximum Gasteiger partial charge on any atom is 0.149 e. The second-order valence-electron chi connectivity index (χ2n) is 4.28. The molecule has 1 aromatic heterocycles. The number of nitrogens with zero attached hydrogens (tertiary/aromatic N) is 3. The van der Waals surface area contributed by atoms with Gasteiger partial charge in [-0.2, -0.15) is 0 Å². The maximum absolute atomic E-state index is 5.74. The average molecular weight is 277 g/mol. The maximum atomic E-state index is 5.74. The molecule has 0 radical (unpaired) electrons. The summed E-state index contributed by atoms with van der Waals surface area (Å²) in [5.41, 5.74) is 4.60. The zero-order chi connectivity index (χ0) is 13.1. The first-order valence-corrected chi connectivity index (χ1v) is 6.90. The number of hydrazine groups is 1. The molecule has 100 valence electrons. The van der Waals surface area contributed by atoms with Crippen LogP contribution in [0, 0.1) is 0 Å². The minimum Gasteiger partial charge on any atom is -0.491 e. The van der Waals surface area contributed by atoms with E-state index >= 15 is 0 Å². The molecule has 2 aromatic rings. The lowest BCUT2D eigenvalue weighted by atomic mass is 10.2. The number of benzene rings is 1. The van der Waals surface area contributed by atoms with Gasteiger partial charge in [0.25, 0.3) is 0 Å². The molecule has 0 unspecified atom stereocenters. The van der Waals surface area contributed by atoms with E-state index in [1.54, 1.807) is 0 Å². The first kappa shape index (κ1) is 12.2. The quantitative estimate of drug-likeness (QED) is 0.656. The molecule has 6 nitrogen and oxygen atoms in total. The number of ether oxygens (including phenoxy) is 1. The fourth-order valence-corrected chi connectivity index (χ4v) is 2.65. The first-order valence-electron chi connectivity index (χ1n) is 6.13. The molecule has 0 fully saturated rings. The SMILES string of the molecule is NNc1snnc1CN1CCCOc2ccccc21. The Labute approximate surface area is 115 Å². The van der Waals surface area contributed by atoms with E-state index in [1.165, 1.54) is 11.5 Å². The lowest BCUT2D eigenvalue weighted by Crippen LogP contribution is -2.24. The van der Waals surface area contributed by atoms with Gasteiger partial charge in [-0.1, -0.05) is 16.6 Å². The molecule has 7 heteroatoms. The van der Waals surface area contributed by atoms with Gasteiger partial charge in [-0.3, -0.25) is 0 Å². The topological polar surface area (TPSA) is 76.3 Å². The molecule has 1 aliphatic rings. The summed E-state index contributed by atoms with van der Waals surface area (Å²) in [6.45, 7) is 2.35. The molecular formula is C12H15N5OS. The van der Waals surface area contributed by atoms with Gasteiger partial charge >= 0.3 is 0 Å². The van der Waals surface area contributed by atoms with Crippen LogP contribution in [-0.2, 0) is 6.54 Å². The van der Waals surface area contributed by atoms with Crippen molar-refractivity contribution in [3.63, 3.8) is 0 Å². The second-order valence-corrected chi connectivity index (χ2v) is 5.04. The summed E-state index contributed by atoms with van der Waals surface area (Å²) in [7, 11) is 0. The smallest absolute Gasteiger partial charge is 0.149 e. The van der Waals surface area contributed by atoms with Gasteiger partial charge in [-0.15, -0.1) is 5.10 Å². The molecular weight excluding hydrogens is 262 g/mol. The number of aromatic nitrogens is 2. The van der Waals surface area contributed by atoms with Crippen LogP contribution in [0.15, 0.2) is 24.3 Å². The summed E-state index contributed by atoms with van der Waals surface area (Å²) < 4.78 is 9.67. The van der Waals surface area contributed by atoms with Gasteiger partial charge in [0.15, 0.2) is 0 Å². The molecule has 0 saturated carbocycles. The van der Waals surface area contributed by atoms with E-state index in [9.17, 15) is 0 Å². The Hall–Kier alpha value is -1.86. The molecule has 2 heterocycles. The highest BCUT2D eigenvalue weighted by molar-refractivity contribution is 7.10. The third-order valence-electron chi connectivity index (χ3n) is 3.06. The Morgan fingerprint density at radius 1 is 1.42 bits per heavy atom. The van der Waals surface area contributed by atoms with E-state index < -0.39 is 0 Å². The van der Waals surface area contributed by atoms with Gasteiger partial charge in [0.05, 0.1) is 18.8 Å². The predicted octanol–water partition coefficient (Wildman–Crippen LogP) is 1.61. The van der Waals surface area contributed by atoms with Crippen LogP contribution >= 0.6 is 11.5 Å². The highest BCUT2D eigenvalue weighted by Gasteiger charge is 2.18. The Morgan fingerprint density at radius 2 is 2.32 bits per heavy atom. The summed E-state index contributed by atoms with van der Waals surface area (Å²) in [5.74, 6) is 6.38. The second kappa shape index (κ2) is 5.41. The number of nitrogen functional groups attached to an aromatic ring is 1. The molecule has 0 amide bonds. The van der Waals surface area contributed by atoms with Crippen molar-refractivity contribution in [3.8, 4) is 5.75 Å². The fraction of sp³-hybridized carbons (Fsp3) is 0.333. The number of nitrogens with one attached hydrogen (secondary N) is 1. The normalized spacial score (nSPS) is 14.5. The standard InChI is InChI=1S/C12H15N5OS/c13-14-12-9(15-16-19-12)8-17-6-3-7-18-11-5-2-1-4-10(11)17/h1-2,4-5,14H,3,6-8,13H2. The van der Waals surface area contributed by atoms with Crippen LogP contribution < -0.4 is 20.9 Å². The largest absolute Gasteiger partial charge is 0.491 e. The summed E-state index contributed by atoms with van der Waals surface area (Å²) in [5, 5.41) is 4.94.